The second-order valence-corrected chi connectivity index (χ2v) is 5.81. The van der Waals surface area contributed by atoms with E-state index in [9.17, 15) is 0 Å². The first-order valence-corrected chi connectivity index (χ1v) is 7.45. The second-order valence-electron chi connectivity index (χ2n) is 5.81. The topological polar surface area (TPSA) is 29.9 Å². The first-order chi connectivity index (χ1) is 9.69. The van der Waals surface area contributed by atoms with Gasteiger partial charge in [-0.05, 0) is 56.3 Å². The molecule has 3 nitrogen and oxygen atoms in total. The molecule has 0 amide bonds. The summed E-state index contributed by atoms with van der Waals surface area (Å²) in [6, 6.07) is 7.35. The molecule has 1 N–H and O–H groups in total. The van der Waals surface area contributed by atoms with Gasteiger partial charge in [0, 0.05) is 24.3 Å². The lowest BCUT2D eigenvalue weighted by Gasteiger charge is -2.17. The molecule has 20 heavy (non-hydrogen) atoms. The molecule has 3 heteroatoms. The van der Waals surface area contributed by atoms with E-state index >= 15 is 0 Å². The minimum atomic E-state index is 0.336. The standard InChI is InChI=1S/C17H23N3/c1-12-16(11-19-20(12)3)17(18-2)10-13-7-8-14-5-4-6-15(14)9-13/h7-9,11,17-18H,4-6,10H2,1-3H3. The second kappa shape index (κ2) is 5.41. The molecule has 0 fully saturated rings. The quantitative estimate of drug-likeness (QED) is 0.925. The molecule has 3 rings (SSSR count). The van der Waals surface area contributed by atoms with E-state index in [0.717, 1.165) is 6.42 Å². The normalized spacial score (nSPS) is 15.3. The van der Waals surface area contributed by atoms with Gasteiger partial charge >= 0.3 is 0 Å². The predicted octanol–water partition coefficient (Wildman–Crippen LogP) is 2.72. The molecule has 1 heterocycles. The van der Waals surface area contributed by atoms with E-state index in [1.54, 1.807) is 11.1 Å². The number of hydrogen-bond donors (Lipinski definition) is 1. The van der Waals surface area contributed by atoms with Crippen LogP contribution in [0.3, 0.4) is 0 Å². The van der Waals surface area contributed by atoms with E-state index in [1.165, 1.54) is 36.1 Å². The molecule has 0 saturated carbocycles. The maximum absolute atomic E-state index is 4.36. The third kappa shape index (κ3) is 2.38. The average Bonchev–Trinajstić information content (AvgIpc) is 3.04. The van der Waals surface area contributed by atoms with Crippen LogP contribution < -0.4 is 5.32 Å². The van der Waals surface area contributed by atoms with Crippen molar-refractivity contribution >= 4 is 0 Å². The van der Waals surface area contributed by atoms with E-state index in [2.05, 4.69) is 35.5 Å². The van der Waals surface area contributed by atoms with Crippen molar-refractivity contribution in [3.8, 4) is 0 Å². The van der Waals surface area contributed by atoms with E-state index in [0.29, 0.717) is 6.04 Å². The summed E-state index contributed by atoms with van der Waals surface area (Å²) in [4.78, 5) is 0. The zero-order chi connectivity index (χ0) is 14.1. The van der Waals surface area contributed by atoms with E-state index < -0.39 is 0 Å². The number of hydrogen-bond acceptors (Lipinski definition) is 2. The summed E-state index contributed by atoms with van der Waals surface area (Å²) in [5, 5.41) is 7.80. The Bertz CT molecular complexity index is 613. The Morgan fingerprint density at radius 2 is 2.10 bits per heavy atom. The van der Waals surface area contributed by atoms with Gasteiger partial charge in [-0.25, -0.2) is 0 Å². The Balaban J connectivity index is 1.83. The van der Waals surface area contributed by atoms with Crippen LogP contribution in [0.5, 0.6) is 0 Å². The monoisotopic (exact) mass is 269 g/mol. The van der Waals surface area contributed by atoms with Gasteiger partial charge in [0.05, 0.1) is 6.20 Å². The summed E-state index contributed by atoms with van der Waals surface area (Å²) in [6.45, 7) is 2.13. The fourth-order valence-electron chi connectivity index (χ4n) is 3.21. The van der Waals surface area contributed by atoms with Crippen molar-refractivity contribution in [1.82, 2.24) is 15.1 Å². The highest BCUT2D eigenvalue weighted by atomic mass is 15.3. The van der Waals surface area contributed by atoms with E-state index in [-0.39, 0.29) is 0 Å². The highest BCUT2D eigenvalue weighted by Gasteiger charge is 2.17. The molecule has 1 aliphatic carbocycles. The first kappa shape index (κ1) is 13.4. The molecular weight excluding hydrogens is 246 g/mol. The van der Waals surface area contributed by atoms with Crippen LogP contribution in [0.4, 0.5) is 0 Å². The fourth-order valence-corrected chi connectivity index (χ4v) is 3.21. The maximum Gasteiger partial charge on any atom is 0.0540 e. The molecule has 0 spiro atoms. The molecule has 0 aliphatic heterocycles. The van der Waals surface area contributed by atoms with Gasteiger partial charge in [-0.3, -0.25) is 4.68 Å². The number of likely N-dealkylation sites (N-methyl/N-ethyl adjacent to an activating group) is 1. The van der Waals surface area contributed by atoms with Crippen molar-refractivity contribution in [3.63, 3.8) is 0 Å². The molecular formula is C17H23N3. The number of rotatable bonds is 4. The third-order valence-electron chi connectivity index (χ3n) is 4.60. The summed E-state index contributed by atoms with van der Waals surface area (Å²) in [6.07, 6.45) is 6.84. The predicted molar refractivity (Wildman–Crippen MR) is 81.9 cm³/mol. The summed E-state index contributed by atoms with van der Waals surface area (Å²) < 4.78 is 1.95. The van der Waals surface area contributed by atoms with E-state index in [1.807, 2.05) is 25.0 Å². The third-order valence-corrected chi connectivity index (χ3v) is 4.60. The number of benzene rings is 1. The molecule has 1 aromatic heterocycles. The van der Waals surface area contributed by atoms with Crippen molar-refractivity contribution < 1.29 is 0 Å². The minimum Gasteiger partial charge on any atom is -0.313 e. The lowest BCUT2D eigenvalue weighted by molar-refractivity contribution is 0.586. The number of nitrogens with one attached hydrogen (secondary N) is 1. The van der Waals surface area contributed by atoms with Crippen LogP contribution in [0.15, 0.2) is 24.4 Å². The zero-order valence-corrected chi connectivity index (χ0v) is 12.6. The van der Waals surface area contributed by atoms with Gasteiger partial charge in [0.2, 0.25) is 0 Å². The summed E-state index contributed by atoms with van der Waals surface area (Å²) in [5.41, 5.74) is 7.07. The van der Waals surface area contributed by atoms with Gasteiger partial charge in [-0.2, -0.15) is 5.10 Å². The lowest BCUT2D eigenvalue weighted by Crippen LogP contribution is -2.19. The van der Waals surface area contributed by atoms with Gasteiger partial charge in [0.15, 0.2) is 0 Å². The summed E-state index contributed by atoms with van der Waals surface area (Å²) >= 11 is 0. The Hall–Kier alpha value is -1.61. The van der Waals surface area contributed by atoms with Crippen molar-refractivity contribution in [1.29, 1.82) is 0 Å². The summed E-state index contributed by atoms with van der Waals surface area (Å²) in [5.74, 6) is 0. The molecule has 0 radical (unpaired) electrons. The summed E-state index contributed by atoms with van der Waals surface area (Å²) in [7, 11) is 4.03. The molecule has 1 atom stereocenters. The largest absolute Gasteiger partial charge is 0.313 e. The number of aromatic nitrogens is 2. The number of fused-ring (bicyclic) bond motifs is 1. The highest BCUT2D eigenvalue weighted by molar-refractivity contribution is 5.36. The Morgan fingerprint density at radius 3 is 2.80 bits per heavy atom. The number of aryl methyl sites for hydroxylation is 3. The lowest BCUT2D eigenvalue weighted by atomic mass is 9.97. The van der Waals surface area contributed by atoms with Crippen LogP contribution >= 0.6 is 0 Å². The SMILES string of the molecule is CNC(Cc1ccc2c(c1)CCC2)c1cnn(C)c1C. The smallest absolute Gasteiger partial charge is 0.0540 e. The van der Waals surface area contributed by atoms with Crippen LogP contribution in [0.1, 0.15) is 40.4 Å². The van der Waals surface area contributed by atoms with Crippen LogP contribution in [-0.4, -0.2) is 16.8 Å². The Morgan fingerprint density at radius 1 is 1.30 bits per heavy atom. The molecule has 1 aromatic carbocycles. The fraction of sp³-hybridized carbons (Fsp3) is 0.471. The van der Waals surface area contributed by atoms with Crippen molar-refractivity contribution in [2.24, 2.45) is 7.05 Å². The van der Waals surface area contributed by atoms with Crippen molar-refractivity contribution in [2.45, 2.75) is 38.6 Å². The number of nitrogens with zero attached hydrogens (tertiary/aromatic N) is 2. The van der Waals surface area contributed by atoms with Crippen LogP contribution in [0.2, 0.25) is 0 Å². The molecule has 106 valence electrons. The van der Waals surface area contributed by atoms with Crippen LogP contribution in [0, 0.1) is 6.92 Å². The maximum atomic E-state index is 4.36. The Labute approximate surface area is 121 Å². The van der Waals surface area contributed by atoms with Gasteiger partial charge in [0.25, 0.3) is 0 Å². The highest BCUT2D eigenvalue weighted by Crippen LogP contribution is 2.26. The first-order valence-electron chi connectivity index (χ1n) is 7.45. The van der Waals surface area contributed by atoms with Gasteiger partial charge < -0.3 is 5.32 Å². The van der Waals surface area contributed by atoms with E-state index in [4.69, 9.17) is 0 Å². The van der Waals surface area contributed by atoms with Crippen molar-refractivity contribution in [3.05, 3.63) is 52.3 Å². The van der Waals surface area contributed by atoms with Gasteiger partial charge in [-0.1, -0.05) is 18.2 Å². The van der Waals surface area contributed by atoms with Crippen LogP contribution in [-0.2, 0) is 26.3 Å². The van der Waals surface area contributed by atoms with Crippen LogP contribution in [0.25, 0.3) is 0 Å². The van der Waals surface area contributed by atoms with Crippen molar-refractivity contribution in [2.75, 3.05) is 7.05 Å². The minimum absolute atomic E-state index is 0.336. The molecule has 0 bridgehead atoms. The molecule has 0 saturated heterocycles. The van der Waals surface area contributed by atoms with Gasteiger partial charge in [-0.15, -0.1) is 0 Å². The van der Waals surface area contributed by atoms with Gasteiger partial charge in [0.1, 0.15) is 0 Å². The molecule has 1 unspecified atom stereocenters. The molecule has 2 aromatic rings. The Kier molecular flexibility index (Phi) is 3.62. The molecule has 1 aliphatic rings. The average molecular weight is 269 g/mol. The zero-order valence-electron chi connectivity index (χ0n) is 12.6.